The van der Waals surface area contributed by atoms with Gasteiger partial charge in [-0.25, -0.2) is 4.79 Å². The van der Waals surface area contributed by atoms with E-state index in [2.05, 4.69) is 0 Å². The first kappa shape index (κ1) is 42.4. The molecule has 0 bridgehead atoms. The van der Waals surface area contributed by atoms with E-state index < -0.39 is 115 Å². The lowest BCUT2D eigenvalue weighted by molar-refractivity contribution is -0.307. The molecule has 8 unspecified atom stereocenters. The summed E-state index contributed by atoms with van der Waals surface area (Å²) >= 11 is 0. The van der Waals surface area contributed by atoms with Crippen LogP contribution < -0.4 is 0 Å². The number of aliphatic hydroxyl groups is 3. The molecule has 296 valence electrons. The highest BCUT2D eigenvalue weighted by Gasteiger charge is 2.51. The second kappa shape index (κ2) is 18.3. The van der Waals surface area contributed by atoms with Gasteiger partial charge in [0.2, 0.25) is 0 Å². The third-order valence-electron chi connectivity index (χ3n) is 10.4. The minimum atomic E-state index is -1.79. The molecule has 0 amide bonds. The van der Waals surface area contributed by atoms with Crippen LogP contribution >= 0.6 is 0 Å². The lowest BCUT2D eigenvalue weighted by Crippen LogP contribution is -2.60. The molecule has 0 aromatic rings. The molecule has 3 N–H and O–H groups in total. The van der Waals surface area contributed by atoms with Crippen molar-refractivity contribution in [2.75, 3.05) is 20.8 Å². The first-order valence-electron chi connectivity index (χ1n) is 18.2. The van der Waals surface area contributed by atoms with Gasteiger partial charge in [-0.05, 0) is 52.2 Å². The molecule has 15 heteroatoms. The molecule has 0 radical (unpaired) electrons. The molecule has 3 fully saturated rings. The largest absolute Gasteiger partial charge is 0.459 e. The second-order valence-corrected chi connectivity index (χ2v) is 14.7. The molecule has 0 saturated carbocycles. The van der Waals surface area contributed by atoms with Gasteiger partial charge in [0.05, 0.1) is 37.1 Å². The Morgan fingerprint density at radius 1 is 0.904 bits per heavy atom. The molecular weight excluding hydrogens is 684 g/mol. The molecule has 0 aromatic carbocycles. The van der Waals surface area contributed by atoms with Gasteiger partial charge in [0.1, 0.15) is 36.1 Å². The summed E-state index contributed by atoms with van der Waals surface area (Å²) in [6.45, 7) is 11.9. The highest BCUT2D eigenvalue weighted by atomic mass is 16.7. The first-order chi connectivity index (χ1) is 24.5. The van der Waals surface area contributed by atoms with Gasteiger partial charge in [-0.1, -0.05) is 26.8 Å². The highest BCUT2D eigenvalue weighted by molar-refractivity contribution is 5.96. The van der Waals surface area contributed by atoms with Crippen molar-refractivity contribution in [1.82, 2.24) is 0 Å². The van der Waals surface area contributed by atoms with E-state index in [4.69, 9.17) is 42.6 Å². The van der Waals surface area contributed by atoms with Gasteiger partial charge in [-0.15, -0.1) is 0 Å². The van der Waals surface area contributed by atoms with Crippen LogP contribution in [0.1, 0.15) is 67.7 Å². The number of ether oxygens (including phenoxy) is 9. The van der Waals surface area contributed by atoms with Crippen LogP contribution in [-0.4, -0.2) is 139 Å². The maximum Gasteiger partial charge on any atom is 0.330 e. The summed E-state index contributed by atoms with van der Waals surface area (Å²) in [5.41, 5.74) is -1.79. The van der Waals surface area contributed by atoms with Crippen LogP contribution in [-0.2, 0) is 57.0 Å². The van der Waals surface area contributed by atoms with Crippen LogP contribution in [0.15, 0.2) is 24.3 Å². The van der Waals surface area contributed by atoms with E-state index in [9.17, 15) is 29.7 Å². The predicted octanol–water partition coefficient (Wildman–Crippen LogP) is 1.77. The van der Waals surface area contributed by atoms with Gasteiger partial charge in [-0.2, -0.15) is 0 Å². The summed E-state index contributed by atoms with van der Waals surface area (Å²) in [5, 5.41) is 32.3. The number of carbonyl (C=O) groups excluding carboxylic acids is 3. The number of hydrogen-bond acceptors (Lipinski definition) is 15. The summed E-state index contributed by atoms with van der Waals surface area (Å²) in [4.78, 5) is 38.7. The number of hydrogen-bond donors (Lipinski definition) is 3. The summed E-state index contributed by atoms with van der Waals surface area (Å²) in [6.07, 6.45) is -4.06. The van der Waals surface area contributed by atoms with Crippen molar-refractivity contribution in [3.05, 3.63) is 24.3 Å². The second-order valence-electron chi connectivity index (χ2n) is 14.7. The van der Waals surface area contributed by atoms with Crippen molar-refractivity contribution in [3.63, 3.8) is 0 Å². The van der Waals surface area contributed by atoms with Crippen molar-refractivity contribution >= 4 is 17.7 Å². The maximum atomic E-state index is 13.3. The van der Waals surface area contributed by atoms with Crippen molar-refractivity contribution < 1.29 is 72.3 Å². The summed E-state index contributed by atoms with van der Waals surface area (Å²) in [5.74, 6) is -3.07. The predicted molar refractivity (Wildman–Crippen MR) is 182 cm³/mol. The van der Waals surface area contributed by atoms with Crippen molar-refractivity contribution in [3.8, 4) is 0 Å². The number of cyclic esters (lactones) is 1. The Balaban J connectivity index is 1.54. The fraction of sp³-hybridized carbons (Fsp3) is 0.811. The lowest BCUT2D eigenvalue weighted by Gasteiger charge is -2.44. The van der Waals surface area contributed by atoms with Gasteiger partial charge in [-0.3, -0.25) is 9.59 Å². The summed E-state index contributed by atoms with van der Waals surface area (Å²) in [7, 11) is 2.95. The van der Waals surface area contributed by atoms with Crippen LogP contribution in [0.2, 0.25) is 0 Å². The van der Waals surface area contributed by atoms with E-state index >= 15 is 0 Å². The number of aliphatic hydroxyl groups excluding tert-OH is 2. The number of rotatable bonds is 9. The Labute approximate surface area is 305 Å². The summed E-state index contributed by atoms with van der Waals surface area (Å²) in [6, 6.07) is 0. The zero-order valence-electron chi connectivity index (χ0n) is 31.6. The minimum Gasteiger partial charge on any atom is -0.459 e. The van der Waals surface area contributed by atoms with E-state index in [0.717, 1.165) is 0 Å². The fourth-order valence-corrected chi connectivity index (χ4v) is 7.28. The molecule has 52 heavy (non-hydrogen) atoms. The van der Waals surface area contributed by atoms with Crippen LogP contribution in [0.25, 0.3) is 0 Å². The standard InChI is InChI=1S/C37H58O15/c1-10-27(40)51-31-22(6)49-36(34(45-9)33(31)44-8)46-17-23-21(5)48-28(41)14-11-18(2)30(52-35-29(42)24(38)15-20(4)47-35)19(3)16-37(7,43)26(39)13-12-25-32(23)50-25/h11-14,18-25,29-36,38,42-43H,10,15-17H2,1-9H3/b13-12+,14-11+/t18?,19?,20-,21?,22+,23?,24+,25?,29-,30?,31+,32?,33+,34+,35+,36+,37?/m0/s1. The number of epoxide rings is 1. The topological polar surface area (TPSA) is 198 Å². The molecule has 17 atom stereocenters. The smallest absolute Gasteiger partial charge is 0.330 e. The summed E-state index contributed by atoms with van der Waals surface area (Å²) < 4.78 is 53.2. The van der Waals surface area contributed by atoms with Crippen LogP contribution in [0, 0.1) is 17.8 Å². The van der Waals surface area contributed by atoms with Crippen LogP contribution in [0.4, 0.5) is 0 Å². The zero-order chi connectivity index (χ0) is 38.5. The monoisotopic (exact) mass is 742 g/mol. The Bertz CT molecular complexity index is 1270. The average molecular weight is 743 g/mol. The van der Waals surface area contributed by atoms with Gasteiger partial charge in [0.15, 0.2) is 24.5 Å². The molecule has 4 rings (SSSR count). The van der Waals surface area contributed by atoms with Gasteiger partial charge in [0, 0.05) is 45.0 Å². The first-order valence-corrected chi connectivity index (χ1v) is 18.2. The van der Waals surface area contributed by atoms with E-state index in [1.54, 1.807) is 53.7 Å². The quantitative estimate of drug-likeness (QED) is 0.228. The SMILES string of the molecule is CCC(=O)O[C@H]1[C@@H](OC)[C@@H](OC)[C@H](OCC2C(C)OC(=O)/C=C/C(C)C(O[C@H]3O[C@@H](C)C[C@@H](O)[C@@H]3O)C(C)CC(C)(O)C(=O)/C=C/C3OC32)O[C@@H]1C. The van der Waals surface area contributed by atoms with Gasteiger partial charge >= 0.3 is 11.9 Å². The lowest BCUT2D eigenvalue weighted by atomic mass is 9.82. The Hall–Kier alpha value is -2.31. The van der Waals surface area contributed by atoms with Crippen LogP contribution in [0.5, 0.6) is 0 Å². The van der Waals surface area contributed by atoms with Crippen LogP contribution in [0.3, 0.4) is 0 Å². The van der Waals surface area contributed by atoms with E-state index in [1.165, 1.54) is 33.3 Å². The molecular formula is C37H58O15. The molecule has 4 heterocycles. The number of fused-ring (bicyclic) bond motifs is 1. The normalized spacial score (nSPS) is 46.1. The molecule has 4 aliphatic heterocycles. The van der Waals surface area contributed by atoms with Crippen molar-refractivity contribution in [2.24, 2.45) is 17.8 Å². The third kappa shape index (κ3) is 10.5. The number of ketones is 1. The molecule has 0 aromatic heterocycles. The molecule has 4 aliphatic rings. The Morgan fingerprint density at radius 3 is 2.25 bits per heavy atom. The van der Waals surface area contributed by atoms with Gasteiger partial charge < -0.3 is 58.0 Å². The number of esters is 2. The third-order valence-corrected chi connectivity index (χ3v) is 10.4. The van der Waals surface area contributed by atoms with Crippen molar-refractivity contribution in [2.45, 2.75) is 153 Å². The maximum absolute atomic E-state index is 13.3. The molecule has 15 nitrogen and oxygen atoms in total. The Morgan fingerprint density at radius 2 is 1.60 bits per heavy atom. The fourth-order valence-electron chi connectivity index (χ4n) is 7.28. The van der Waals surface area contributed by atoms with Gasteiger partial charge in [0.25, 0.3) is 0 Å². The molecule has 0 aliphatic carbocycles. The zero-order valence-corrected chi connectivity index (χ0v) is 31.6. The Kier molecular flexibility index (Phi) is 15.0. The van der Waals surface area contributed by atoms with E-state index in [1.807, 2.05) is 0 Å². The molecule has 0 spiro atoms. The van der Waals surface area contributed by atoms with E-state index in [0.29, 0.717) is 0 Å². The van der Waals surface area contributed by atoms with Crippen molar-refractivity contribution in [1.29, 1.82) is 0 Å². The molecule has 3 saturated heterocycles. The number of carbonyl (C=O) groups is 3. The minimum absolute atomic E-state index is 0.0102. The number of methoxy groups -OCH3 is 2. The average Bonchev–Trinajstić information content (AvgIpc) is 3.85. The van der Waals surface area contributed by atoms with E-state index in [-0.39, 0.29) is 32.0 Å². The highest BCUT2D eigenvalue weighted by Crippen LogP contribution is 2.37.